The van der Waals surface area contributed by atoms with Crippen LogP contribution >= 0.6 is 11.3 Å². The molecule has 0 aliphatic heterocycles. The van der Waals surface area contributed by atoms with Crippen LogP contribution in [0, 0.1) is 6.92 Å². The smallest absolute Gasteiger partial charge is 0.271 e. The molecule has 8 heteroatoms. The van der Waals surface area contributed by atoms with E-state index in [4.69, 9.17) is 4.52 Å². The van der Waals surface area contributed by atoms with Gasteiger partial charge >= 0.3 is 0 Å². The Morgan fingerprint density at radius 3 is 2.92 bits per heavy atom. The topological polar surface area (TPSA) is 93.8 Å². The first-order chi connectivity index (χ1) is 12.2. The fourth-order valence-electron chi connectivity index (χ4n) is 2.24. The largest absolute Gasteiger partial charge is 0.351 e. The Hall–Kier alpha value is -2.61. The van der Waals surface area contributed by atoms with E-state index < -0.39 is 0 Å². The highest BCUT2D eigenvalue weighted by atomic mass is 32.1. The van der Waals surface area contributed by atoms with Crippen LogP contribution in [0.15, 0.2) is 34.4 Å². The molecule has 3 heterocycles. The van der Waals surface area contributed by atoms with Crippen molar-refractivity contribution >= 4 is 17.2 Å². The van der Waals surface area contributed by atoms with Crippen LogP contribution in [-0.2, 0) is 6.42 Å². The number of carbonyl (C=O) groups is 1. The van der Waals surface area contributed by atoms with Gasteiger partial charge in [0.2, 0.25) is 11.7 Å². The molecule has 3 aromatic rings. The first-order valence-electron chi connectivity index (χ1n) is 8.15. The molecule has 130 valence electrons. The zero-order valence-corrected chi connectivity index (χ0v) is 14.8. The molecular formula is C17H19N5O2S. The number of rotatable bonds is 8. The molecule has 3 aromatic heterocycles. The van der Waals surface area contributed by atoms with Crippen molar-refractivity contribution in [2.75, 3.05) is 6.54 Å². The number of aryl methyl sites for hydroxylation is 2. The molecule has 0 atom stereocenters. The molecule has 1 amide bonds. The van der Waals surface area contributed by atoms with Crippen molar-refractivity contribution in [2.24, 2.45) is 0 Å². The number of nitrogens with one attached hydrogen (secondary N) is 1. The third kappa shape index (κ3) is 4.93. The minimum atomic E-state index is -0.190. The number of amides is 1. The maximum absolute atomic E-state index is 11.9. The van der Waals surface area contributed by atoms with E-state index in [1.165, 1.54) is 6.20 Å². The summed E-state index contributed by atoms with van der Waals surface area (Å²) in [6, 6.07) is 3.94. The van der Waals surface area contributed by atoms with Gasteiger partial charge in [-0.3, -0.25) is 9.78 Å². The van der Waals surface area contributed by atoms with Gasteiger partial charge in [-0.2, -0.15) is 4.98 Å². The second-order valence-corrected chi connectivity index (χ2v) is 6.55. The molecule has 0 aromatic carbocycles. The van der Waals surface area contributed by atoms with E-state index in [9.17, 15) is 4.79 Å². The van der Waals surface area contributed by atoms with Crippen LogP contribution < -0.4 is 5.32 Å². The van der Waals surface area contributed by atoms with Crippen LogP contribution in [0.25, 0.3) is 10.7 Å². The van der Waals surface area contributed by atoms with Crippen molar-refractivity contribution in [1.82, 2.24) is 25.4 Å². The highest BCUT2D eigenvalue weighted by Crippen LogP contribution is 2.21. The number of hydrogen-bond acceptors (Lipinski definition) is 7. The molecule has 0 aliphatic carbocycles. The lowest BCUT2D eigenvalue weighted by Crippen LogP contribution is -2.25. The average molecular weight is 357 g/mol. The maximum atomic E-state index is 11.9. The predicted molar refractivity (Wildman–Crippen MR) is 94.3 cm³/mol. The maximum Gasteiger partial charge on any atom is 0.271 e. The van der Waals surface area contributed by atoms with Gasteiger partial charge in [-0.1, -0.05) is 17.6 Å². The lowest BCUT2D eigenvalue weighted by molar-refractivity contribution is 0.0947. The molecule has 0 spiro atoms. The number of aromatic nitrogens is 4. The number of unbranched alkanes of at least 4 members (excludes halogenated alkanes) is 2. The van der Waals surface area contributed by atoms with Crippen molar-refractivity contribution in [3.05, 3.63) is 47.2 Å². The van der Waals surface area contributed by atoms with E-state index in [0.29, 0.717) is 24.0 Å². The van der Waals surface area contributed by atoms with Crippen molar-refractivity contribution in [1.29, 1.82) is 0 Å². The average Bonchev–Trinajstić information content (AvgIpc) is 3.29. The first kappa shape index (κ1) is 17.2. The minimum Gasteiger partial charge on any atom is -0.351 e. The predicted octanol–water partition coefficient (Wildman–Crippen LogP) is 3.04. The Morgan fingerprint density at radius 2 is 2.16 bits per heavy atom. The van der Waals surface area contributed by atoms with Crippen LogP contribution in [0.2, 0.25) is 0 Å². The van der Waals surface area contributed by atoms with Gasteiger partial charge in [0.25, 0.3) is 5.91 Å². The van der Waals surface area contributed by atoms with E-state index in [2.05, 4.69) is 25.4 Å². The molecule has 0 saturated heterocycles. The van der Waals surface area contributed by atoms with Crippen LogP contribution in [0.3, 0.4) is 0 Å². The molecule has 7 nitrogen and oxygen atoms in total. The summed E-state index contributed by atoms with van der Waals surface area (Å²) in [7, 11) is 0. The second-order valence-electron chi connectivity index (χ2n) is 5.60. The SMILES string of the molecule is Cc1cnc(C(=O)NCCCCCc2nc(-c3cccs3)no2)cn1. The molecule has 0 saturated carbocycles. The quantitative estimate of drug-likeness (QED) is 0.623. The summed E-state index contributed by atoms with van der Waals surface area (Å²) in [6.07, 6.45) is 6.62. The number of nitrogens with zero attached hydrogens (tertiary/aromatic N) is 4. The molecule has 0 aliphatic rings. The van der Waals surface area contributed by atoms with E-state index in [1.807, 2.05) is 24.4 Å². The highest BCUT2D eigenvalue weighted by Gasteiger charge is 2.09. The van der Waals surface area contributed by atoms with Crippen molar-refractivity contribution < 1.29 is 9.32 Å². The third-order valence-electron chi connectivity index (χ3n) is 3.58. The van der Waals surface area contributed by atoms with Gasteiger partial charge in [-0.15, -0.1) is 11.3 Å². The Balaban J connectivity index is 1.32. The summed E-state index contributed by atoms with van der Waals surface area (Å²) in [5.41, 5.74) is 1.14. The Kier molecular flexibility index (Phi) is 5.84. The minimum absolute atomic E-state index is 0.190. The van der Waals surface area contributed by atoms with E-state index in [0.717, 1.165) is 36.3 Å². The van der Waals surface area contributed by atoms with E-state index >= 15 is 0 Å². The molecule has 3 rings (SSSR count). The number of thiophene rings is 1. The van der Waals surface area contributed by atoms with Gasteiger partial charge in [0.15, 0.2) is 0 Å². The molecule has 0 fully saturated rings. The second kappa shape index (κ2) is 8.48. The number of hydrogen-bond donors (Lipinski definition) is 1. The highest BCUT2D eigenvalue weighted by molar-refractivity contribution is 7.13. The Labute approximate surface area is 149 Å². The normalized spacial score (nSPS) is 10.8. The standard InChI is InChI=1S/C17H19N5O2S/c1-12-10-20-13(11-19-12)17(23)18-8-4-2-3-7-15-21-16(22-24-15)14-6-5-9-25-14/h5-6,9-11H,2-4,7-8H2,1H3,(H,18,23). The van der Waals surface area contributed by atoms with Gasteiger partial charge < -0.3 is 9.84 Å². The van der Waals surface area contributed by atoms with Gasteiger partial charge in [0, 0.05) is 19.2 Å². The molecule has 0 unspecified atom stereocenters. The van der Waals surface area contributed by atoms with Crippen LogP contribution in [-0.4, -0.2) is 32.6 Å². The van der Waals surface area contributed by atoms with Gasteiger partial charge in [0.1, 0.15) is 5.69 Å². The van der Waals surface area contributed by atoms with Crippen molar-refractivity contribution in [2.45, 2.75) is 32.6 Å². The van der Waals surface area contributed by atoms with E-state index in [-0.39, 0.29) is 5.91 Å². The Bertz CT molecular complexity index is 799. The summed E-state index contributed by atoms with van der Waals surface area (Å²) in [5.74, 6) is 1.11. The van der Waals surface area contributed by atoms with Gasteiger partial charge in [0.05, 0.1) is 16.8 Å². The first-order valence-corrected chi connectivity index (χ1v) is 9.03. The zero-order chi connectivity index (χ0) is 17.5. The molecular weight excluding hydrogens is 338 g/mol. The third-order valence-corrected chi connectivity index (χ3v) is 4.44. The fraction of sp³-hybridized carbons (Fsp3) is 0.353. The lowest BCUT2D eigenvalue weighted by atomic mass is 10.2. The Morgan fingerprint density at radius 1 is 1.24 bits per heavy atom. The summed E-state index contributed by atoms with van der Waals surface area (Å²) < 4.78 is 5.26. The van der Waals surface area contributed by atoms with E-state index in [1.54, 1.807) is 17.5 Å². The summed E-state index contributed by atoms with van der Waals surface area (Å²) in [5, 5.41) is 8.83. The number of carbonyl (C=O) groups excluding carboxylic acids is 1. The van der Waals surface area contributed by atoms with Crippen LogP contribution in [0.5, 0.6) is 0 Å². The van der Waals surface area contributed by atoms with Crippen LogP contribution in [0.1, 0.15) is 41.3 Å². The molecule has 25 heavy (non-hydrogen) atoms. The molecule has 1 N–H and O–H groups in total. The fourth-order valence-corrected chi connectivity index (χ4v) is 2.89. The van der Waals surface area contributed by atoms with Crippen molar-refractivity contribution in [3.8, 4) is 10.7 Å². The summed E-state index contributed by atoms with van der Waals surface area (Å²) >= 11 is 1.59. The van der Waals surface area contributed by atoms with Crippen molar-refractivity contribution in [3.63, 3.8) is 0 Å². The lowest BCUT2D eigenvalue weighted by Gasteiger charge is -2.04. The van der Waals surface area contributed by atoms with Crippen LogP contribution in [0.4, 0.5) is 0 Å². The summed E-state index contributed by atoms with van der Waals surface area (Å²) in [6.45, 7) is 2.44. The van der Waals surface area contributed by atoms with Gasteiger partial charge in [-0.05, 0) is 31.2 Å². The summed E-state index contributed by atoms with van der Waals surface area (Å²) in [4.78, 5) is 25.4. The van der Waals surface area contributed by atoms with Gasteiger partial charge in [-0.25, -0.2) is 4.98 Å². The zero-order valence-electron chi connectivity index (χ0n) is 13.9. The molecule has 0 bridgehead atoms. The monoisotopic (exact) mass is 357 g/mol. The molecule has 0 radical (unpaired) electrons.